The molecule has 4 rings (SSSR count). The number of fused-ring (bicyclic) bond motifs is 3. The molecule has 0 unspecified atom stereocenters. The number of rotatable bonds is 7. The lowest BCUT2D eigenvalue weighted by molar-refractivity contribution is 0.414. The van der Waals surface area contributed by atoms with Gasteiger partial charge in [-0.1, -0.05) is 94.1 Å². The van der Waals surface area contributed by atoms with Crippen LogP contribution in [0.2, 0.25) is 0 Å². The van der Waals surface area contributed by atoms with Crippen LogP contribution in [0.4, 0.5) is 0 Å². The molecule has 1 aliphatic carbocycles. The third-order valence-electron chi connectivity index (χ3n) is 7.02. The molecule has 0 spiro atoms. The molecule has 0 N–H and O–H groups in total. The molecule has 1 aliphatic rings. The summed E-state index contributed by atoms with van der Waals surface area (Å²) in [5.41, 5.74) is 11.7. The summed E-state index contributed by atoms with van der Waals surface area (Å²) in [6, 6.07) is 23.3. The van der Waals surface area contributed by atoms with E-state index in [1.165, 1.54) is 71.9 Å². The van der Waals surface area contributed by atoms with Gasteiger partial charge in [-0.25, -0.2) is 0 Å². The minimum Gasteiger partial charge on any atom is -0.0654 e. The van der Waals surface area contributed by atoms with E-state index in [2.05, 4.69) is 88.4 Å². The van der Waals surface area contributed by atoms with Crippen molar-refractivity contribution in [2.75, 3.05) is 0 Å². The summed E-state index contributed by atoms with van der Waals surface area (Å²) in [4.78, 5) is 0. The highest BCUT2D eigenvalue weighted by Gasteiger charge is 2.41. The molecule has 0 bridgehead atoms. The topological polar surface area (TPSA) is 0 Å². The molecule has 150 valence electrons. The molecule has 29 heavy (non-hydrogen) atoms. The first kappa shape index (κ1) is 20.0. The molecule has 0 heteroatoms. The Morgan fingerprint density at radius 3 is 1.93 bits per heavy atom. The van der Waals surface area contributed by atoms with Crippen LogP contribution in [0, 0.1) is 13.8 Å². The van der Waals surface area contributed by atoms with Crippen LogP contribution >= 0.6 is 0 Å². The molecule has 3 aromatic carbocycles. The van der Waals surface area contributed by atoms with Crippen LogP contribution in [-0.4, -0.2) is 0 Å². The van der Waals surface area contributed by atoms with E-state index in [1.807, 2.05) is 0 Å². The average Bonchev–Trinajstić information content (AvgIpc) is 3.02. The van der Waals surface area contributed by atoms with Gasteiger partial charge in [0.2, 0.25) is 0 Å². The molecule has 3 aromatic rings. The van der Waals surface area contributed by atoms with Gasteiger partial charge in [-0.15, -0.1) is 0 Å². The summed E-state index contributed by atoms with van der Waals surface area (Å²) < 4.78 is 0. The van der Waals surface area contributed by atoms with E-state index >= 15 is 0 Å². The van der Waals surface area contributed by atoms with Crippen LogP contribution in [-0.2, 0) is 5.41 Å². The van der Waals surface area contributed by atoms with Gasteiger partial charge in [0.05, 0.1) is 0 Å². The minimum atomic E-state index is 0.174. The van der Waals surface area contributed by atoms with Crippen LogP contribution in [0.25, 0.3) is 22.3 Å². The van der Waals surface area contributed by atoms with Gasteiger partial charge >= 0.3 is 0 Å². The summed E-state index contributed by atoms with van der Waals surface area (Å²) in [5.74, 6) is 0. The fraction of sp³-hybridized carbons (Fsp3) is 0.379. The number of unbranched alkanes of at least 4 members (excludes halogenated alkanes) is 2. The van der Waals surface area contributed by atoms with Crippen LogP contribution in [0.1, 0.15) is 74.6 Å². The summed E-state index contributed by atoms with van der Waals surface area (Å²) in [6.45, 7) is 9.05. The highest BCUT2D eigenvalue weighted by molar-refractivity contribution is 5.84. The Morgan fingerprint density at radius 2 is 1.24 bits per heavy atom. The molecule has 0 amide bonds. The van der Waals surface area contributed by atoms with E-state index in [9.17, 15) is 0 Å². The lowest BCUT2D eigenvalue weighted by Crippen LogP contribution is -2.25. The van der Waals surface area contributed by atoms with Gasteiger partial charge in [0.25, 0.3) is 0 Å². The first-order chi connectivity index (χ1) is 14.1. The second-order valence-corrected chi connectivity index (χ2v) is 8.89. The second kappa shape index (κ2) is 8.19. The molecule has 0 nitrogen and oxygen atoms in total. The fourth-order valence-corrected chi connectivity index (χ4v) is 5.18. The van der Waals surface area contributed by atoms with Gasteiger partial charge in [-0.2, -0.15) is 0 Å². The first-order valence-electron chi connectivity index (χ1n) is 11.4. The maximum atomic E-state index is 2.52. The predicted octanol–water partition coefficient (Wildman–Crippen LogP) is 8.62. The van der Waals surface area contributed by atoms with Gasteiger partial charge in [-0.3, -0.25) is 0 Å². The normalized spacial score (nSPS) is 13.9. The maximum absolute atomic E-state index is 2.52. The van der Waals surface area contributed by atoms with Gasteiger partial charge < -0.3 is 0 Å². The summed E-state index contributed by atoms with van der Waals surface area (Å²) in [7, 11) is 0. The van der Waals surface area contributed by atoms with E-state index in [1.54, 1.807) is 11.1 Å². The molecule has 0 saturated carbocycles. The highest BCUT2D eigenvalue weighted by atomic mass is 14.4. The molecule has 0 heterocycles. The van der Waals surface area contributed by atoms with Crippen molar-refractivity contribution < 1.29 is 0 Å². The zero-order valence-electron chi connectivity index (χ0n) is 18.5. The van der Waals surface area contributed by atoms with Crippen molar-refractivity contribution in [2.24, 2.45) is 0 Å². The Balaban J connectivity index is 1.90. The number of hydrogen-bond acceptors (Lipinski definition) is 0. The van der Waals surface area contributed by atoms with Crippen molar-refractivity contribution in [3.63, 3.8) is 0 Å². The van der Waals surface area contributed by atoms with E-state index < -0.39 is 0 Å². The molecular weight excluding hydrogens is 348 g/mol. The van der Waals surface area contributed by atoms with Gasteiger partial charge in [0.1, 0.15) is 0 Å². The van der Waals surface area contributed by atoms with Crippen molar-refractivity contribution >= 4 is 0 Å². The Kier molecular flexibility index (Phi) is 5.63. The zero-order valence-corrected chi connectivity index (χ0v) is 18.5. The van der Waals surface area contributed by atoms with Crippen molar-refractivity contribution in [1.82, 2.24) is 0 Å². The number of hydrogen-bond donors (Lipinski definition) is 0. The third-order valence-corrected chi connectivity index (χ3v) is 7.02. The lowest BCUT2D eigenvalue weighted by atomic mass is 9.70. The Bertz CT molecular complexity index is 1000. The van der Waals surface area contributed by atoms with Gasteiger partial charge in [-0.05, 0) is 77.3 Å². The molecule has 0 aromatic heterocycles. The van der Waals surface area contributed by atoms with E-state index in [4.69, 9.17) is 0 Å². The summed E-state index contributed by atoms with van der Waals surface area (Å²) >= 11 is 0. The largest absolute Gasteiger partial charge is 0.0654 e. The smallest absolute Gasteiger partial charge is 0.0215 e. The van der Waals surface area contributed by atoms with Gasteiger partial charge in [0, 0.05) is 5.41 Å². The lowest BCUT2D eigenvalue weighted by Gasteiger charge is -2.33. The summed E-state index contributed by atoms with van der Waals surface area (Å²) in [5, 5.41) is 0. The highest BCUT2D eigenvalue weighted by Crippen LogP contribution is 2.54. The van der Waals surface area contributed by atoms with Gasteiger partial charge in [0.15, 0.2) is 0 Å². The average molecular weight is 383 g/mol. The summed E-state index contributed by atoms with van der Waals surface area (Å²) in [6.07, 6.45) is 7.58. The van der Waals surface area contributed by atoms with E-state index in [-0.39, 0.29) is 5.41 Å². The Morgan fingerprint density at radius 1 is 0.621 bits per heavy atom. The molecule has 0 aliphatic heterocycles. The Labute approximate surface area is 177 Å². The van der Waals surface area contributed by atoms with Crippen LogP contribution in [0.5, 0.6) is 0 Å². The van der Waals surface area contributed by atoms with Crippen molar-refractivity contribution in [3.8, 4) is 22.3 Å². The van der Waals surface area contributed by atoms with Crippen LogP contribution in [0.3, 0.4) is 0 Å². The number of aryl methyl sites for hydroxylation is 2. The minimum absolute atomic E-state index is 0.174. The zero-order chi connectivity index (χ0) is 20.4. The molecular formula is C29H34. The third kappa shape index (κ3) is 3.44. The number of benzene rings is 3. The second-order valence-electron chi connectivity index (χ2n) is 8.89. The molecule has 0 fully saturated rings. The van der Waals surface area contributed by atoms with Crippen molar-refractivity contribution in [3.05, 3.63) is 82.9 Å². The first-order valence-corrected chi connectivity index (χ1v) is 11.4. The van der Waals surface area contributed by atoms with E-state index in [0.29, 0.717) is 0 Å². The van der Waals surface area contributed by atoms with Crippen LogP contribution < -0.4 is 0 Å². The van der Waals surface area contributed by atoms with E-state index in [0.717, 1.165) is 0 Å². The quantitative estimate of drug-likeness (QED) is 0.383. The monoisotopic (exact) mass is 382 g/mol. The molecule has 0 radical (unpaired) electrons. The SMILES string of the molecule is CCCCC1(CCCC)c2ccccc2-c2ccc(-c3ccc(C)c(C)c3)cc21. The predicted molar refractivity (Wildman–Crippen MR) is 127 cm³/mol. The molecule has 0 saturated heterocycles. The Hall–Kier alpha value is -2.34. The maximum Gasteiger partial charge on any atom is 0.0215 e. The fourth-order valence-electron chi connectivity index (χ4n) is 5.18. The van der Waals surface area contributed by atoms with Crippen molar-refractivity contribution in [2.45, 2.75) is 71.6 Å². The molecule has 0 atom stereocenters. The standard InChI is InChI=1S/C29H34/c1-5-7-17-29(18-8-6-2)27-12-10-9-11-25(27)26-16-15-24(20-28(26)29)23-14-13-21(3)22(4)19-23/h9-16,19-20H,5-8,17-18H2,1-4H3. The van der Waals surface area contributed by atoms with Crippen LogP contribution in [0.15, 0.2) is 60.7 Å². The van der Waals surface area contributed by atoms with Crippen molar-refractivity contribution in [1.29, 1.82) is 0 Å².